The number of nitrogens with one attached hydrogen (secondary N) is 3. The molecule has 1 aromatic heterocycles. The summed E-state index contributed by atoms with van der Waals surface area (Å²) in [5.41, 5.74) is 7.96. The van der Waals surface area contributed by atoms with Gasteiger partial charge in [0.25, 0.3) is 0 Å². The smallest absolute Gasteiger partial charge is 0.240 e. The van der Waals surface area contributed by atoms with Gasteiger partial charge in [0, 0.05) is 22.8 Å². The van der Waals surface area contributed by atoms with Crippen molar-refractivity contribution in [2.45, 2.75) is 26.8 Å². The van der Waals surface area contributed by atoms with Gasteiger partial charge in [-0.3, -0.25) is 20.3 Å². The molecule has 0 bridgehead atoms. The van der Waals surface area contributed by atoms with Crippen molar-refractivity contribution in [1.82, 2.24) is 20.6 Å². The van der Waals surface area contributed by atoms with Gasteiger partial charge in [0.15, 0.2) is 5.11 Å². The van der Waals surface area contributed by atoms with Crippen LogP contribution in [0.25, 0.3) is 0 Å². The summed E-state index contributed by atoms with van der Waals surface area (Å²) >= 11 is 10.9. The van der Waals surface area contributed by atoms with Gasteiger partial charge in [-0.15, -0.1) is 0 Å². The van der Waals surface area contributed by atoms with Gasteiger partial charge in [-0.2, -0.15) is 5.10 Å². The number of amides is 1. The Balaban J connectivity index is 1.72. The molecular weight excluding hydrogens is 334 g/mol. The van der Waals surface area contributed by atoms with Crippen molar-refractivity contribution in [3.63, 3.8) is 0 Å². The Bertz CT molecular complexity index is 698. The molecule has 0 aliphatic heterocycles. The van der Waals surface area contributed by atoms with Gasteiger partial charge in [-0.05, 0) is 56.4 Å². The Morgan fingerprint density at radius 2 is 1.96 bits per heavy atom. The van der Waals surface area contributed by atoms with Crippen LogP contribution in [-0.4, -0.2) is 20.8 Å². The molecule has 0 unspecified atom stereocenters. The van der Waals surface area contributed by atoms with Crippen molar-refractivity contribution in [2.24, 2.45) is 0 Å². The molecule has 1 amide bonds. The van der Waals surface area contributed by atoms with Crippen LogP contribution in [0.5, 0.6) is 0 Å². The second kappa shape index (κ2) is 7.94. The number of carbonyl (C=O) groups is 1. The average Bonchev–Trinajstić information content (AvgIpc) is 2.83. The molecule has 0 spiro atoms. The fourth-order valence-electron chi connectivity index (χ4n) is 1.99. The quantitative estimate of drug-likeness (QED) is 0.583. The summed E-state index contributed by atoms with van der Waals surface area (Å²) in [6, 6.07) is 9.06. The van der Waals surface area contributed by atoms with Crippen molar-refractivity contribution in [3.05, 3.63) is 46.7 Å². The van der Waals surface area contributed by atoms with Gasteiger partial charge >= 0.3 is 0 Å². The number of carbonyl (C=O) groups excluding carboxylic acids is 1. The molecule has 8 heteroatoms. The first-order valence-corrected chi connectivity index (χ1v) is 7.85. The molecule has 0 saturated heterocycles. The molecule has 23 heavy (non-hydrogen) atoms. The number of rotatable bonds is 4. The Morgan fingerprint density at radius 3 is 2.57 bits per heavy atom. The second-order valence-electron chi connectivity index (χ2n) is 5.03. The maximum Gasteiger partial charge on any atom is 0.240 e. The van der Waals surface area contributed by atoms with Gasteiger partial charge < -0.3 is 5.32 Å². The highest BCUT2D eigenvalue weighted by atomic mass is 35.5. The number of anilines is 1. The Kier molecular flexibility index (Phi) is 5.95. The fourth-order valence-corrected chi connectivity index (χ4v) is 2.29. The maximum atomic E-state index is 11.8. The topological polar surface area (TPSA) is 71.0 Å². The molecule has 0 aliphatic carbocycles. The molecule has 6 nitrogen and oxygen atoms in total. The number of hydrazine groups is 1. The van der Waals surface area contributed by atoms with Gasteiger partial charge in [0.2, 0.25) is 5.91 Å². The van der Waals surface area contributed by atoms with Gasteiger partial charge in [0.05, 0.1) is 12.2 Å². The summed E-state index contributed by atoms with van der Waals surface area (Å²) in [5.74, 6) is -0.169. The summed E-state index contributed by atoms with van der Waals surface area (Å²) in [5, 5.41) is 8.19. The van der Waals surface area contributed by atoms with Crippen LogP contribution in [0.15, 0.2) is 30.3 Å². The predicted molar refractivity (Wildman–Crippen MR) is 95.3 cm³/mol. The van der Waals surface area contributed by atoms with Gasteiger partial charge in [-0.25, -0.2) is 0 Å². The van der Waals surface area contributed by atoms with E-state index in [1.807, 2.05) is 19.9 Å². The van der Waals surface area contributed by atoms with Gasteiger partial charge in [-0.1, -0.05) is 11.6 Å². The third-order valence-electron chi connectivity index (χ3n) is 3.07. The number of nitrogens with zero attached hydrogens (tertiary/aromatic N) is 2. The lowest BCUT2D eigenvalue weighted by molar-refractivity contribution is -0.121. The van der Waals surface area contributed by atoms with Crippen molar-refractivity contribution in [1.29, 1.82) is 0 Å². The molecule has 0 fully saturated rings. The third kappa shape index (κ3) is 5.54. The van der Waals surface area contributed by atoms with E-state index in [-0.39, 0.29) is 5.91 Å². The summed E-state index contributed by atoms with van der Waals surface area (Å²) in [7, 11) is 0. The predicted octanol–water partition coefficient (Wildman–Crippen LogP) is 2.56. The molecule has 1 heterocycles. The molecule has 1 aromatic carbocycles. The van der Waals surface area contributed by atoms with Crippen LogP contribution in [0.1, 0.15) is 17.8 Å². The van der Waals surface area contributed by atoms with Crippen LogP contribution in [0, 0.1) is 13.8 Å². The van der Waals surface area contributed by atoms with E-state index >= 15 is 0 Å². The van der Waals surface area contributed by atoms with Crippen LogP contribution in [-0.2, 0) is 11.3 Å². The van der Waals surface area contributed by atoms with Crippen LogP contribution in [0.3, 0.4) is 0 Å². The third-order valence-corrected chi connectivity index (χ3v) is 3.53. The van der Waals surface area contributed by atoms with Crippen molar-refractivity contribution in [3.8, 4) is 0 Å². The number of aromatic nitrogens is 2. The SMILES string of the molecule is Cc1cc(C)n(CCC(=O)NNC(=S)Nc2ccc(Cl)cc2)n1. The van der Waals surface area contributed by atoms with E-state index < -0.39 is 0 Å². The zero-order valence-electron chi connectivity index (χ0n) is 12.9. The van der Waals surface area contributed by atoms with Crippen molar-refractivity contribution in [2.75, 3.05) is 5.32 Å². The lowest BCUT2D eigenvalue weighted by Gasteiger charge is -2.12. The summed E-state index contributed by atoms with van der Waals surface area (Å²) in [6.45, 7) is 4.40. The summed E-state index contributed by atoms with van der Waals surface area (Å²) in [6.07, 6.45) is 0.304. The van der Waals surface area contributed by atoms with Crippen molar-refractivity contribution < 1.29 is 4.79 Å². The van der Waals surface area contributed by atoms with E-state index in [2.05, 4.69) is 21.3 Å². The van der Waals surface area contributed by atoms with Crippen LogP contribution in [0.2, 0.25) is 5.02 Å². The molecular formula is C15H18ClN5OS. The highest BCUT2D eigenvalue weighted by Crippen LogP contribution is 2.12. The first-order chi connectivity index (χ1) is 10.9. The second-order valence-corrected chi connectivity index (χ2v) is 5.88. The van der Waals surface area contributed by atoms with Crippen LogP contribution < -0.4 is 16.2 Å². The highest BCUT2D eigenvalue weighted by Gasteiger charge is 2.06. The lowest BCUT2D eigenvalue weighted by Crippen LogP contribution is -2.44. The highest BCUT2D eigenvalue weighted by molar-refractivity contribution is 7.80. The molecule has 122 valence electrons. The van der Waals surface area contributed by atoms with E-state index in [9.17, 15) is 4.79 Å². The maximum absolute atomic E-state index is 11.8. The molecule has 3 N–H and O–H groups in total. The van der Waals surface area contributed by atoms with E-state index in [1.54, 1.807) is 28.9 Å². The molecule has 0 saturated carbocycles. The minimum Gasteiger partial charge on any atom is -0.331 e. The average molecular weight is 352 g/mol. The van der Waals surface area contributed by atoms with Crippen LogP contribution in [0.4, 0.5) is 5.69 Å². The van der Waals surface area contributed by atoms with E-state index in [0.29, 0.717) is 23.1 Å². The fraction of sp³-hybridized carbons (Fsp3) is 0.267. The summed E-state index contributed by atoms with van der Waals surface area (Å²) < 4.78 is 1.80. The first-order valence-electron chi connectivity index (χ1n) is 7.06. The zero-order valence-corrected chi connectivity index (χ0v) is 14.5. The summed E-state index contributed by atoms with van der Waals surface area (Å²) in [4.78, 5) is 11.8. The van der Waals surface area contributed by atoms with E-state index in [4.69, 9.17) is 23.8 Å². The normalized spacial score (nSPS) is 10.2. The molecule has 2 aromatic rings. The lowest BCUT2D eigenvalue weighted by atomic mass is 10.3. The largest absolute Gasteiger partial charge is 0.331 e. The number of benzene rings is 1. The number of aryl methyl sites for hydroxylation is 3. The Labute approximate surface area is 145 Å². The minimum atomic E-state index is -0.169. The Morgan fingerprint density at radius 1 is 1.26 bits per heavy atom. The molecule has 0 radical (unpaired) electrons. The monoisotopic (exact) mass is 351 g/mol. The molecule has 0 aliphatic rings. The number of thiocarbonyl (C=S) groups is 1. The molecule has 0 atom stereocenters. The zero-order chi connectivity index (χ0) is 16.8. The van der Waals surface area contributed by atoms with Crippen LogP contribution >= 0.6 is 23.8 Å². The number of hydrogen-bond acceptors (Lipinski definition) is 3. The Hall–Kier alpha value is -2.12. The first kappa shape index (κ1) is 17.2. The number of hydrogen-bond donors (Lipinski definition) is 3. The minimum absolute atomic E-state index is 0.169. The standard InChI is InChI=1S/C15H18ClN5OS/c1-10-9-11(2)21(20-10)8-7-14(22)18-19-15(23)17-13-5-3-12(16)4-6-13/h3-6,9H,7-8H2,1-2H3,(H,18,22)(H2,17,19,23). The molecule has 2 rings (SSSR count). The number of halogens is 1. The van der Waals surface area contributed by atoms with E-state index in [1.165, 1.54) is 0 Å². The van der Waals surface area contributed by atoms with Crippen molar-refractivity contribution >= 4 is 40.5 Å². The van der Waals surface area contributed by atoms with E-state index in [0.717, 1.165) is 17.1 Å². The van der Waals surface area contributed by atoms with Gasteiger partial charge in [0.1, 0.15) is 0 Å².